The van der Waals surface area contributed by atoms with Gasteiger partial charge < -0.3 is 4.74 Å². The van der Waals surface area contributed by atoms with E-state index in [1.807, 2.05) is 72.7 Å². The van der Waals surface area contributed by atoms with Gasteiger partial charge >= 0.3 is 0 Å². The fourth-order valence-corrected chi connectivity index (χ4v) is 0.785. The lowest BCUT2D eigenvalue weighted by molar-refractivity contribution is 0.411. The molecule has 1 nitrogen and oxygen atoms in total. The molecule has 0 aliphatic rings. The van der Waals surface area contributed by atoms with E-state index in [4.69, 9.17) is 4.74 Å². The van der Waals surface area contributed by atoms with Crippen molar-refractivity contribution in [3.8, 4) is 5.75 Å². The van der Waals surface area contributed by atoms with Gasteiger partial charge in [-0.05, 0) is 18.6 Å². The summed E-state index contributed by atoms with van der Waals surface area (Å²) < 4.78 is 5.04. The van der Waals surface area contributed by atoms with Crippen molar-refractivity contribution in [2.24, 2.45) is 0 Å². The quantitative estimate of drug-likeness (QED) is 0.630. The summed E-state index contributed by atoms with van der Waals surface area (Å²) in [5.41, 5.74) is 1.18. The lowest BCUT2D eigenvalue weighted by Gasteiger charge is -2.00. The van der Waals surface area contributed by atoms with Gasteiger partial charge in [0.25, 0.3) is 0 Å². The summed E-state index contributed by atoms with van der Waals surface area (Å²) in [5.74, 6) is 0.956. The molecule has 0 atom stereocenters. The lowest BCUT2D eigenvalue weighted by Crippen LogP contribution is -1.84. The van der Waals surface area contributed by atoms with Crippen LogP contribution in [0, 0.1) is 6.92 Å². The number of methoxy groups -OCH3 is 1. The molecule has 0 heterocycles. The number of hydrogen-bond donors (Lipinski definition) is 0. The van der Waals surface area contributed by atoms with Crippen molar-refractivity contribution in [2.45, 2.75) is 48.5 Å². The zero-order valence-corrected chi connectivity index (χ0v) is 11.7. The molecule has 0 N–H and O–H groups in total. The van der Waals surface area contributed by atoms with Crippen molar-refractivity contribution in [1.29, 1.82) is 0 Å². The highest BCUT2D eigenvalue weighted by Gasteiger charge is 1.90. The van der Waals surface area contributed by atoms with Crippen molar-refractivity contribution >= 4 is 0 Å². The zero-order valence-electron chi connectivity index (χ0n) is 11.7. The first-order valence-electron chi connectivity index (χ1n) is 5.94. The first-order valence-corrected chi connectivity index (χ1v) is 5.94. The van der Waals surface area contributed by atoms with Crippen LogP contribution in [0.5, 0.6) is 5.75 Å². The standard InChI is InChI=1S/C8H10O.3C2H6/c1-7-5-3-4-6-8(7)9-2;3*1-2/h3-6H,1-2H3;3*1-2H3. The molecule has 0 aromatic heterocycles. The van der Waals surface area contributed by atoms with E-state index in [0.29, 0.717) is 0 Å². The molecule has 90 valence electrons. The van der Waals surface area contributed by atoms with Crippen LogP contribution < -0.4 is 4.74 Å². The Morgan fingerprint density at radius 2 is 1.20 bits per heavy atom. The monoisotopic (exact) mass is 212 g/mol. The molecule has 0 aliphatic carbocycles. The summed E-state index contributed by atoms with van der Waals surface area (Å²) in [4.78, 5) is 0. The molecule has 0 unspecified atom stereocenters. The molecule has 0 amide bonds. The van der Waals surface area contributed by atoms with Crippen molar-refractivity contribution in [2.75, 3.05) is 7.11 Å². The van der Waals surface area contributed by atoms with E-state index >= 15 is 0 Å². The van der Waals surface area contributed by atoms with Crippen LogP contribution in [0.2, 0.25) is 0 Å². The molecule has 1 heteroatoms. The van der Waals surface area contributed by atoms with E-state index in [1.54, 1.807) is 7.11 Å². The highest BCUT2D eigenvalue weighted by Crippen LogP contribution is 2.14. The van der Waals surface area contributed by atoms with Crippen molar-refractivity contribution in [3.05, 3.63) is 29.8 Å². The zero-order chi connectivity index (χ0) is 12.7. The number of benzene rings is 1. The molecule has 15 heavy (non-hydrogen) atoms. The van der Waals surface area contributed by atoms with Crippen LogP contribution in [0.15, 0.2) is 24.3 Å². The summed E-state index contributed by atoms with van der Waals surface area (Å²) in [5, 5.41) is 0. The van der Waals surface area contributed by atoms with E-state index < -0.39 is 0 Å². The Morgan fingerprint density at radius 1 is 0.800 bits per heavy atom. The largest absolute Gasteiger partial charge is 0.496 e. The van der Waals surface area contributed by atoms with Crippen molar-refractivity contribution in [1.82, 2.24) is 0 Å². The van der Waals surface area contributed by atoms with E-state index in [2.05, 4.69) is 0 Å². The Balaban J connectivity index is -0.000000208. The highest BCUT2D eigenvalue weighted by atomic mass is 16.5. The maximum Gasteiger partial charge on any atom is 0.121 e. The fraction of sp³-hybridized carbons (Fsp3) is 0.571. The van der Waals surface area contributed by atoms with Crippen molar-refractivity contribution in [3.63, 3.8) is 0 Å². The summed E-state index contributed by atoms with van der Waals surface area (Å²) in [6.45, 7) is 14.0. The van der Waals surface area contributed by atoms with Crippen LogP contribution >= 0.6 is 0 Å². The molecule has 0 radical (unpaired) electrons. The molecule has 0 bridgehead atoms. The molecule has 1 rings (SSSR count). The molecule has 1 aromatic rings. The molecule has 0 spiro atoms. The Hall–Kier alpha value is -0.980. The van der Waals surface area contributed by atoms with Crippen molar-refractivity contribution < 1.29 is 4.74 Å². The first-order chi connectivity index (χ1) is 7.34. The second kappa shape index (κ2) is 18.7. The average molecular weight is 212 g/mol. The fourth-order valence-electron chi connectivity index (χ4n) is 0.785. The molecule has 0 saturated carbocycles. The van der Waals surface area contributed by atoms with Gasteiger partial charge in [-0.15, -0.1) is 0 Å². The minimum absolute atomic E-state index is 0.956. The van der Waals surface area contributed by atoms with Crippen LogP contribution in [0.25, 0.3) is 0 Å². The van der Waals surface area contributed by atoms with Gasteiger partial charge in [-0.1, -0.05) is 59.7 Å². The Labute approximate surface area is 96.5 Å². The smallest absolute Gasteiger partial charge is 0.121 e. The Morgan fingerprint density at radius 3 is 1.47 bits per heavy atom. The lowest BCUT2D eigenvalue weighted by atomic mass is 10.2. The number of hydrogen-bond acceptors (Lipinski definition) is 1. The van der Waals surface area contributed by atoms with E-state index in [0.717, 1.165) is 5.75 Å². The molecular weight excluding hydrogens is 184 g/mol. The normalized spacial score (nSPS) is 6.67. The predicted octanol–water partition coefficient (Wildman–Crippen LogP) is 5.08. The van der Waals surface area contributed by atoms with Gasteiger partial charge in [0.2, 0.25) is 0 Å². The van der Waals surface area contributed by atoms with Crippen LogP contribution in [0.3, 0.4) is 0 Å². The Kier molecular flexibility index (Phi) is 24.4. The van der Waals surface area contributed by atoms with Crippen LogP contribution in [0.4, 0.5) is 0 Å². The average Bonchev–Trinajstić information content (AvgIpc) is 2.37. The molecular formula is C14H28O. The second-order valence-electron chi connectivity index (χ2n) is 1.97. The van der Waals surface area contributed by atoms with Gasteiger partial charge in [0.15, 0.2) is 0 Å². The Bertz CT molecular complexity index is 194. The SMILES string of the molecule is CC.CC.CC.COc1ccccc1C. The van der Waals surface area contributed by atoms with Crippen LogP contribution in [-0.2, 0) is 0 Å². The van der Waals surface area contributed by atoms with E-state index in [9.17, 15) is 0 Å². The molecule has 0 fully saturated rings. The highest BCUT2D eigenvalue weighted by molar-refractivity contribution is 5.31. The summed E-state index contributed by atoms with van der Waals surface area (Å²) in [6, 6.07) is 7.94. The third-order valence-electron chi connectivity index (χ3n) is 1.31. The first kappa shape index (κ1) is 19.6. The van der Waals surface area contributed by atoms with Crippen LogP contribution in [0.1, 0.15) is 47.1 Å². The minimum atomic E-state index is 0.956. The maximum absolute atomic E-state index is 5.04. The number of ether oxygens (including phenoxy) is 1. The molecule has 0 aliphatic heterocycles. The van der Waals surface area contributed by atoms with Gasteiger partial charge in [0, 0.05) is 0 Å². The van der Waals surface area contributed by atoms with Gasteiger partial charge in [0.05, 0.1) is 7.11 Å². The summed E-state index contributed by atoms with van der Waals surface area (Å²) in [7, 11) is 1.68. The maximum atomic E-state index is 5.04. The third-order valence-corrected chi connectivity index (χ3v) is 1.31. The van der Waals surface area contributed by atoms with E-state index in [-0.39, 0.29) is 0 Å². The van der Waals surface area contributed by atoms with E-state index in [1.165, 1.54) is 5.56 Å². The van der Waals surface area contributed by atoms with Gasteiger partial charge in [0.1, 0.15) is 5.75 Å². The van der Waals surface area contributed by atoms with Gasteiger partial charge in [-0.3, -0.25) is 0 Å². The topological polar surface area (TPSA) is 9.23 Å². The predicted molar refractivity (Wildman–Crippen MR) is 71.8 cm³/mol. The minimum Gasteiger partial charge on any atom is -0.496 e. The van der Waals surface area contributed by atoms with Gasteiger partial charge in [-0.25, -0.2) is 0 Å². The number of aryl methyl sites for hydroxylation is 1. The molecule has 0 saturated heterocycles. The van der Waals surface area contributed by atoms with Crippen LogP contribution in [-0.4, -0.2) is 7.11 Å². The van der Waals surface area contributed by atoms with Gasteiger partial charge in [-0.2, -0.15) is 0 Å². The second-order valence-corrected chi connectivity index (χ2v) is 1.97. The summed E-state index contributed by atoms with van der Waals surface area (Å²) >= 11 is 0. The summed E-state index contributed by atoms with van der Waals surface area (Å²) in [6.07, 6.45) is 0. The number of rotatable bonds is 1. The molecule has 1 aromatic carbocycles. The third kappa shape index (κ3) is 10.9. The number of para-hydroxylation sites is 1.